The summed E-state index contributed by atoms with van der Waals surface area (Å²) in [5.41, 5.74) is 4.87. The van der Waals surface area contributed by atoms with Crippen molar-refractivity contribution in [2.75, 3.05) is 24.3 Å². The smallest absolute Gasteiger partial charge is 0.315 e. The van der Waals surface area contributed by atoms with Crippen LogP contribution in [0.2, 0.25) is 0 Å². The highest BCUT2D eigenvalue weighted by Crippen LogP contribution is 2.29. The van der Waals surface area contributed by atoms with Crippen LogP contribution in [0.3, 0.4) is 0 Å². The molecule has 2 amide bonds. The van der Waals surface area contributed by atoms with Crippen molar-refractivity contribution in [1.82, 2.24) is 20.6 Å². The number of benzene rings is 1. The highest BCUT2D eigenvalue weighted by molar-refractivity contribution is 5.74. The standard InChI is InChI=1S/C25H36N6O/c1-17-8-4-5-9-18(17)16-26-25(32)28-20-14-12-19(13-15-20)27-24-29-22-11-7-6-10-21(22)23(30-24)31(2)3/h4-5,8-9,19-20H,6-7,10-16H2,1-3H3,(H2,26,28,32)(H,27,29,30). The largest absolute Gasteiger partial charge is 0.362 e. The van der Waals surface area contributed by atoms with Gasteiger partial charge in [0.25, 0.3) is 0 Å². The summed E-state index contributed by atoms with van der Waals surface area (Å²) in [4.78, 5) is 24.1. The molecule has 1 aromatic heterocycles. The monoisotopic (exact) mass is 436 g/mol. The van der Waals surface area contributed by atoms with E-state index in [4.69, 9.17) is 9.97 Å². The maximum Gasteiger partial charge on any atom is 0.315 e. The lowest BCUT2D eigenvalue weighted by atomic mass is 9.91. The van der Waals surface area contributed by atoms with Gasteiger partial charge in [-0.15, -0.1) is 0 Å². The second-order valence-electron chi connectivity index (χ2n) is 9.34. The van der Waals surface area contributed by atoms with Gasteiger partial charge in [0.2, 0.25) is 5.95 Å². The van der Waals surface area contributed by atoms with Crippen molar-refractivity contribution >= 4 is 17.8 Å². The zero-order chi connectivity index (χ0) is 22.5. The van der Waals surface area contributed by atoms with E-state index >= 15 is 0 Å². The zero-order valence-electron chi connectivity index (χ0n) is 19.6. The molecule has 2 aliphatic carbocycles. The van der Waals surface area contributed by atoms with E-state index < -0.39 is 0 Å². The average Bonchev–Trinajstić information content (AvgIpc) is 2.79. The van der Waals surface area contributed by atoms with Crippen LogP contribution in [0.15, 0.2) is 24.3 Å². The molecule has 1 heterocycles. The molecule has 172 valence electrons. The number of urea groups is 1. The van der Waals surface area contributed by atoms with E-state index in [-0.39, 0.29) is 12.1 Å². The van der Waals surface area contributed by atoms with Gasteiger partial charge in [-0.25, -0.2) is 9.78 Å². The molecule has 0 bridgehead atoms. The van der Waals surface area contributed by atoms with Crippen LogP contribution < -0.4 is 20.9 Å². The van der Waals surface area contributed by atoms with Crippen LogP contribution in [0.1, 0.15) is 60.9 Å². The minimum absolute atomic E-state index is 0.0849. The zero-order valence-corrected chi connectivity index (χ0v) is 19.6. The Kier molecular flexibility index (Phi) is 7.12. The van der Waals surface area contributed by atoms with Crippen LogP contribution in [-0.4, -0.2) is 42.2 Å². The molecule has 2 aromatic rings. The minimum atomic E-state index is -0.0849. The molecule has 7 heteroatoms. The molecule has 1 fully saturated rings. The number of nitrogens with one attached hydrogen (secondary N) is 3. The Hall–Kier alpha value is -2.83. The second kappa shape index (κ2) is 10.2. The summed E-state index contributed by atoms with van der Waals surface area (Å²) in [6.45, 7) is 2.62. The van der Waals surface area contributed by atoms with Crippen molar-refractivity contribution in [3.8, 4) is 0 Å². The van der Waals surface area contributed by atoms with E-state index in [1.165, 1.54) is 29.7 Å². The second-order valence-corrected chi connectivity index (χ2v) is 9.34. The Morgan fingerprint density at radius 2 is 1.75 bits per heavy atom. The molecule has 1 saturated carbocycles. The van der Waals surface area contributed by atoms with Gasteiger partial charge in [-0.1, -0.05) is 24.3 Å². The lowest BCUT2D eigenvalue weighted by Crippen LogP contribution is -2.44. The van der Waals surface area contributed by atoms with Crippen molar-refractivity contribution in [2.45, 2.75) is 76.9 Å². The molecule has 0 spiro atoms. The summed E-state index contributed by atoms with van der Waals surface area (Å²) in [6.07, 6.45) is 8.47. The number of fused-ring (bicyclic) bond motifs is 1. The number of hydrogen-bond acceptors (Lipinski definition) is 5. The van der Waals surface area contributed by atoms with Gasteiger partial charge in [0, 0.05) is 38.3 Å². The van der Waals surface area contributed by atoms with Gasteiger partial charge in [-0.05, 0) is 69.4 Å². The summed E-state index contributed by atoms with van der Waals surface area (Å²) in [6, 6.07) is 8.62. The number of anilines is 2. The summed E-state index contributed by atoms with van der Waals surface area (Å²) in [5, 5.41) is 9.71. The van der Waals surface area contributed by atoms with Crippen molar-refractivity contribution in [1.29, 1.82) is 0 Å². The Morgan fingerprint density at radius 3 is 2.50 bits per heavy atom. The fourth-order valence-electron chi connectivity index (χ4n) is 4.79. The van der Waals surface area contributed by atoms with Gasteiger partial charge in [0.15, 0.2) is 0 Å². The van der Waals surface area contributed by atoms with Gasteiger partial charge in [0.05, 0.1) is 5.69 Å². The van der Waals surface area contributed by atoms with Crippen LogP contribution in [-0.2, 0) is 19.4 Å². The number of nitrogens with zero attached hydrogens (tertiary/aromatic N) is 3. The predicted octanol–water partition coefficient (Wildman–Crippen LogP) is 3.95. The van der Waals surface area contributed by atoms with Crippen molar-refractivity contribution in [3.05, 3.63) is 46.6 Å². The molecule has 1 aromatic carbocycles. The maximum atomic E-state index is 12.3. The molecule has 32 heavy (non-hydrogen) atoms. The Morgan fingerprint density at radius 1 is 1.03 bits per heavy atom. The van der Waals surface area contributed by atoms with Gasteiger partial charge in [-0.3, -0.25) is 0 Å². The summed E-state index contributed by atoms with van der Waals surface area (Å²) < 4.78 is 0. The quantitative estimate of drug-likeness (QED) is 0.639. The molecular formula is C25H36N6O. The molecule has 7 nitrogen and oxygen atoms in total. The van der Waals surface area contributed by atoms with E-state index in [1.807, 2.05) is 12.1 Å². The predicted molar refractivity (Wildman–Crippen MR) is 129 cm³/mol. The first kappa shape index (κ1) is 22.4. The fraction of sp³-hybridized carbons (Fsp3) is 0.560. The van der Waals surface area contributed by atoms with Crippen LogP contribution in [0.25, 0.3) is 0 Å². The average molecular weight is 437 g/mol. The number of aryl methyl sites for hydroxylation is 2. The molecule has 4 rings (SSSR count). The minimum Gasteiger partial charge on any atom is -0.362 e. The van der Waals surface area contributed by atoms with Crippen molar-refractivity contribution in [2.24, 2.45) is 0 Å². The SMILES string of the molecule is Cc1ccccc1CNC(=O)NC1CCC(Nc2nc3c(c(N(C)C)n2)CCCC3)CC1. The highest BCUT2D eigenvalue weighted by atomic mass is 16.2. The van der Waals surface area contributed by atoms with E-state index in [0.717, 1.165) is 55.9 Å². The molecule has 0 aliphatic heterocycles. The summed E-state index contributed by atoms with van der Waals surface area (Å²) in [7, 11) is 4.12. The fourth-order valence-corrected chi connectivity index (χ4v) is 4.79. The lowest BCUT2D eigenvalue weighted by Gasteiger charge is -2.30. The molecular weight excluding hydrogens is 400 g/mol. The summed E-state index contributed by atoms with van der Waals surface area (Å²) in [5.74, 6) is 1.81. The Labute approximate surface area is 191 Å². The third-order valence-corrected chi connectivity index (χ3v) is 6.68. The first-order valence-electron chi connectivity index (χ1n) is 11.9. The third kappa shape index (κ3) is 5.50. The Bertz CT molecular complexity index is 936. The molecule has 0 unspecified atom stereocenters. The van der Waals surface area contributed by atoms with Gasteiger partial charge in [-0.2, -0.15) is 4.98 Å². The van der Waals surface area contributed by atoms with E-state index in [0.29, 0.717) is 12.6 Å². The first-order valence-corrected chi connectivity index (χ1v) is 11.9. The summed E-state index contributed by atoms with van der Waals surface area (Å²) >= 11 is 0. The van der Waals surface area contributed by atoms with Crippen LogP contribution in [0.4, 0.5) is 16.6 Å². The number of rotatable bonds is 6. The maximum absolute atomic E-state index is 12.3. The molecule has 0 atom stereocenters. The highest BCUT2D eigenvalue weighted by Gasteiger charge is 2.24. The third-order valence-electron chi connectivity index (χ3n) is 6.68. The van der Waals surface area contributed by atoms with E-state index in [2.05, 4.69) is 54.0 Å². The number of aromatic nitrogens is 2. The first-order chi connectivity index (χ1) is 15.5. The Balaban J connectivity index is 1.26. The van der Waals surface area contributed by atoms with Gasteiger partial charge < -0.3 is 20.9 Å². The molecule has 3 N–H and O–H groups in total. The van der Waals surface area contributed by atoms with E-state index in [1.54, 1.807) is 0 Å². The van der Waals surface area contributed by atoms with E-state index in [9.17, 15) is 4.79 Å². The van der Waals surface area contributed by atoms with Crippen LogP contribution in [0.5, 0.6) is 0 Å². The van der Waals surface area contributed by atoms with Crippen molar-refractivity contribution in [3.63, 3.8) is 0 Å². The topological polar surface area (TPSA) is 82.2 Å². The number of carbonyl (C=O) groups is 1. The van der Waals surface area contributed by atoms with Crippen LogP contribution in [0, 0.1) is 6.92 Å². The number of hydrogen-bond donors (Lipinski definition) is 3. The van der Waals surface area contributed by atoms with Crippen LogP contribution >= 0.6 is 0 Å². The number of carbonyl (C=O) groups excluding carboxylic acids is 1. The van der Waals surface area contributed by atoms with Gasteiger partial charge in [0.1, 0.15) is 5.82 Å². The van der Waals surface area contributed by atoms with Crippen molar-refractivity contribution < 1.29 is 4.79 Å². The number of amides is 2. The van der Waals surface area contributed by atoms with Gasteiger partial charge >= 0.3 is 6.03 Å². The molecule has 2 aliphatic rings. The molecule has 0 radical (unpaired) electrons. The molecule has 0 saturated heterocycles. The normalized spacial score (nSPS) is 20.2. The lowest BCUT2D eigenvalue weighted by molar-refractivity contribution is 0.231.